The average Bonchev–Trinajstić information content (AvgIpc) is 2.68. The topological polar surface area (TPSA) is 61.4 Å². The number of rotatable bonds is 8. The van der Waals surface area contributed by atoms with E-state index in [4.69, 9.17) is 0 Å². The van der Waals surface area contributed by atoms with Crippen molar-refractivity contribution in [2.24, 2.45) is 11.3 Å². The Kier molecular flexibility index (Phi) is 7.44. The van der Waals surface area contributed by atoms with Gasteiger partial charge in [-0.15, -0.1) is 0 Å². The Hall–Kier alpha value is -2.31. The molecule has 168 valence electrons. The van der Waals surface area contributed by atoms with Crippen LogP contribution in [0.5, 0.6) is 0 Å². The summed E-state index contributed by atoms with van der Waals surface area (Å²) in [4.78, 5) is 11.6. The maximum Gasteiger partial charge on any atom is 0.126 e. The molecule has 0 fully saturated rings. The lowest BCUT2D eigenvalue weighted by atomic mass is 9.86. The highest BCUT2D eigenvalue weighted by Crippen LogP contribution is 2.32. The van der Waals surface area contributed by atoms with E-state index in [1.54, 1.807) is 0 Å². The van der Waals surface area contributed by atoms with Crippen LogP contribution in [0.2, 0.25) is 0 Å². The number of aldehydes is 1. The zero-order chi connectivity index (χ0) is 22.6. The van der Waals surface area contributed by atoms with Crippen LogP contribution in [-0.2, 0) is 17.6 Å². The first kappa shape index (κ1) is 23.4. The van der Waals surface area contributed by atoms with E-state index in [-0.39, 0.29) is 24.4 Å². The standard InChI is InChI=1S/C25H32F2N2O2/c1-25(2,3)13-16-4-5-22-21(11-16)23(6-7-28-22)29-14-24(31)18(15-30)8-17-9-19(26)12-20(27)10-17/h4-5,9-12,15,18,23-24,28-29,31H,6-8,13-14H2,1-3H3. The van der Waals surface area contributed by atoms with E-state index in [2.05, 4.69) is 49.6 Å². The maximum atomic E-state index is 13.4. The highest BCUT2D eigenvalue weighted by atomic mass is 19.1. The fourth-order valence-electron chi connectivity index (χ4n) is 4.19. The zero-order valence-electron chi connectivity index (χ0n) is 18.4. The summed E-state index contributed by atoms with van der Waals surface area (Å²) >= 11 is 0. The molecular weight excluding hydrogens is 398 g/mol. The number of anilines is 1. The van der Waals surface area contributed by atoms with Crippen molar-refractivity contribution in [2.45, 2.75) is 52.2 Å². The lowest BCUT2D eigenvalue weighted by molar-refractivity contribution is -0.114. The van der Waals surface area contributed by atoms with Crippen molar-refractivity contribution in [3.8, 4) is 0 Å². The highest BCUT2D eigenvalue weighted by molar-refractivity contribution is 5.57. The molecule has 0 saturated heterocycles. The highest BCUT2D eigenvalue weighted by Gasteiger charge is 2.25. The Morgan fingerprint density at radius 3 is 2.52 bits per heavy atom. The number of hydrogen-bond acceptors (Lipinski definition) is 4. The van der Waals surface area contributed by atoms with E-state index in [1.165, 1.54) is 17.7 Å². The van der Waals surface area contributed by atoms with E-state index < -0.39 is 23.7 Å². The first-order valence-electron chi connectivity index (χ1n) is 10.8. The molecular formula is C25H32F2N2O2. The van der Waals surface area contributed by atoms with Gasteiger partial charge in [0.1, 0.15) is 17.9 Å². The van der Waals surface area contributed by atoms with Crippen LogP contribution in [0.15, 0.2) is 36.4 Å². The molecule has 4 nitrogen and oxygen atoms in total. The maximum absolute atomic E-state index is 13.4. The van der Waals surface area contributed by atoms with Crippen LogP contribution in [0.1, 0.15) is 49.9 Å². The van der Waals surface area contributed by atoms with Gasteiger partial charge in [-0.05, 0) is 59.6 Å². The quantitative estimate of drug-likeness (QED) is 0.543. The molecule has 3 N–H and O–H groups in total. The van der Waals surface area contributed by atoms with Crippen molar-refractivity contribution < 1.29 is 18.7 Å². The van der Waals surface area contributed by atoms with Gasteiger partial charge < -0.3 is 20.5 Å². The number of carbonyl (C=O) groups excluding carboxylic acids is 1. The van der Waals surface area contributed by atoms with Crippen LogP contribution in [0, 0.1) is 23.0 Å². The van der Waals surface area contributed by atoms with Gasteiger partial charge in [-0.1, -0.05) is 32.9 Å². The molecule has 6 heteroatoms. The molecule has 3 atom stereocenters. The van der Waals surface area contributed by atoms with E-state index in [0.29, 0.717) is 11.8 Å². The Morgan fingerprint density at radius 2 is 1.87 bits per heavy atom. The number of benzene rings is 2. The van der Waals surface area contributed by atoms with Crippen LogP contribution in [0.3, 0.4) is 0 Å². The average molecular weight is 431 g/mol. The second-order valence-electron chi connectivity index (χ2n) is 9.68. The van der Waals surface area contributed by atoms with Crippen molar-refractivity contribution in [1.29, 1.82) is 0 Å². The molecule has 1 aliphatic rings. The van der Waals surface area contributed by atoms with Crippen molar-refractivity contribution in [1.82, 2.24) is 5.32 Å². The first-order chi connectivity index (χ1) is 14.6. The van der Waals surface area contributed by atoms with E-state index >= 15 is 0 Å². The van der Waals surface area contributed by atoms with Gasteiger partial charge in [0.2, 0.25) is 0 Å². The SMILES string of the molecule is CC(C)(C)Cc1ccc2c(c1)C(NCC(O)C(C=O)Cc1cc(F)cc(F)c1)CCN2. The summed E-state index contributed by atoms with van der Waals surface area (Å²) in [5, 5.41) is 17.4. The van der Waals surface area contributed by atoms with Gasteiger partial charge >= 0.3 is 0 Å². The van der Waals surface area contributed by atoms with Gasteiger partial charge in [0.15, 0.2) is 0 Å². The summed E-state index contributed by atoms with van der Waals surface area (Å²) in [5.41, 5.74) is 4.05. The van der Waals surface area contributed by atoms with Gasteiger partial charge in [0.25, 0.3) is 0 Å². The third kappa shape index (κ3) is 6.58. The molecule has 3 unspecified atom stereocenters. The number of nitrogens with one attached hydrogen (secondary N) is 2. The van der Waals surface area contributed by atoms with Crippen molar-refractivity contribution in [3.63, 3.8) is 0 Å². The van der Waals surface area contributed by atoms with Gasteiger partial charge in [-0.2, -0.15) is 0 Å². The Morgan fingerprint density at radius 1 is 1.16 bits per heavy atom. The van der Waals surface area contributed by atoms with E-state index in [1.807, 2.05) is 0 Å². The van der Waals surface area contributed by atoms with Gasteiger partial charge in [-0.25, -0.2) is 8.78 Å². The summed E-state index contributed by atoms with van der Waals surface area (Å²) in [5.74, 6) is -2.13. The molecule has 2 aromatic rings. The Labute approximate surface area is 183 Å². The smallest absolute Gasteiger partial charge is 0.126 e. The Balaban J connectivity index is 1.66. The van der Waals surface area contributed by atoms with Gasteiger partial charge in [0.05, 0.1) is 6.10 Å². The molecule has 1 heterocycles. The number of halogens is 2. The summed E-state index contributed by atoms with van der Waals surface area (Å²) in [6.07, 6.45) is 1.61. The third-order valence-electron chi connectivity index (χ3n) is 5.61. The summed E-state index contributed by atoms with van der Waals surface area (Å²) < 4.78 is 26.9. The van der Waals surface area contributed by atoms with Gasteiger partial charge in [-0.3, -0.25) is 0 Å². The lowest BCUT2D eigenvalue weighted by Crippen LogP contribution is -2.38. The molecule has 0 bridgehead atoms. The molecule has 0 aliphatic carbocycles. The van der Waals surface area contributed by atoms with E-state index in [9.17, 15) is 18.7 Å². The van der Waals surface area contributed by atoms with Crippen LogP contribution >= 0.6 is 0 Å². The molecule has 0 radical (unpaired) electrons. The number of aliphatic hydroxyl groups excluding tert-OH is 1. The van der Waals surface area contributed by atoms with Crippen molar-refractivity contribution in [3.05, 3.63) is 64.7 Å². The molecule has 0 spiro atoms. The lowest BCUT2D eigenvalue weighted by Gasteiger charge is -2.30. The predicted molar refractivity (Wildman–Crippen MR) is 119 cm³/mol. The molecule has 1 aliphatic heterocycles. The normalized spacial score (nSPS) is 18.1. The van der Waals surface area contributed by atoms with Crippen LogP contribution in [-0.4, -0.2) is 30.6 Å². The molecule has 2 aromatic carbocycles. The van der Waals surface area contributed by atoms with Crippen LogP contribution < -0.4 is 10.6 Å². The largest absolute Gasteiger partial charge is 0.391 e. The van der Waals surface area contributed by atoms with Gasteiger partial charge in [0, 0.05) is 36.8 Å². The second-order valence-corrected chi connectivity index (χ2v) is 9.68. The fraction of sp³-hybridized carbons (Fsp3) is 0.480. The summed E-state index contributed by atoms with van der Waals surface area (Å²) in [7, 11) is 0. The number of hydrogen-bond donors (Lipinski definition) is 3. The number of aliphatic hydroxyl groups is 1. The molecule has 3 rings (SSSR count). The molecule has 31 heavy (non-hydrogen) atoms. The molecule has 0 aromatic heterocycles. The third-order valence-corrected chi connectivity index (χ3v) is 5.61. The minimum Gasteiger partial charge on any atom is -0.391 e. The van der Waals surface area contributed by atoms with Crippen LogP contribution in [0.4, 0.5) is 14.5 Å². The zero-order valence-corrected chi connectivity index (χ0v) is 18.4. The van der Waals surface area contributed by atoms with Crippen molar-refractivity contribution in [2.75, 3.05) is 18.4 Å². The van der Waals surface area contributed by atoms with E-state index in [0.717, 1.165) is 36.7 Å². The minimum absolute atomic E-state index is 0.0599. The monoisotopic (exact) mass is 430 g/mol. The number of carbonyl (C=O) groups is 1. The minimum atomic E-state index is -0.958. The predicted octanol–water partition coefficient (Wildman–Crippen LogP) is 4.42. The number of fused-ring (bicyclic) bond motifs is 1. The first-order valence-corrected chi connectivity index (χ1v) is 10.8. The Bertz CT molecular complexity index is 891. The second kappa shape index (κ2) is 9.88. The molecule has 0 saturated carbocycles. The molecule has 0 amide bonds. The summed E-state index contributed by atoms with van der Waals surface area (Å²) in [6.45, 7) is 7.66. The van der Waals surface area contributed by atoms with Crippen LogP contribution in [0.25, 0.3) is 0 Å². The van der Waals surface area contributed by atoms with Crippen molar-refractivity contribution >= 4 is 12.0 Å². The summed E-state index contributed by atoms with van der Waals surface area (Å²) in [6, 6.07) is 9.70. The fourth-order valence-corrected chi connectivity index (χ4v) is 4.19.